The zero-order chi connectivity index (χ0) is 12.3. The highest BCUT2D eigenvalue weighted by molar-refractivity contribution is 8.00. The first kappa shape index (κ1) is 12.2. The Bertz CT molecular complexity index is 472. The zero-order valence-electron chi connectivity index (χ0n) is 9.56. The summed E-state index contributed by atoms with van der Waals surface area (Å²) in [5.74, 6) is -0.224. The number of hydrogen-bond acceptors (Lipinski definition) is 5. The van der Waals surface area contributed by atoms with E-state index >= 15 is 0 Å². The van der Waals surface area contributed by atoms with Crippen LogP contribution in [0.5, 0.6) is 0 Å². The molecule has 0 radical (unpaired) electrons. The first-order chi connectivity index (χ1) is 8.19. The first-order valence-corrected chi connectivity index (χ1v) is 6.50. The molecule has 17 heavy (non-hydrogen) atoms. The maximum absolute atomic E-state index is 11.4. The predicted molar refractivity (Wildman–Crippen MR) is 64.1 cm³/mol. The second-order valence-corrected chi connectivity index (χ2v) is 5.05. The molecule has 1 N–H and O–H groups in total. The fourth-order valence-corrected chi connectivity index (χ4v) is 2.62. The van der Waals surface area contributed by atoms with Gasteiger partial charge in [-0.1, -0.05) is 25.1 Å². The highest BCUT2D eigenvalue weighted by Crippen LogP contribution is 2.26. The van der Waals surface area contributed by atoms with Crippen LogP contribution in [0.2, 0.25) is 0 Å². The molecule has 92 valence electrons. The molecule has 1 aromatic heterocycles. The van der Waals surface area contributed by atoms with E-state index < -0.39 is 0 Å². The van der Waals surface area contributed by atoms with E-state index in [9.17, 15) is 9.59 Å². The van der Waals surface area contributed by atoms with E-state index in [1.165, 1.54) is 17.8 Å². The second-order valence-electron chi connectivity index (χ2n) is 3.85. The largest absolute Gasteiger partial charge is 0.465 e. The third-order valence-corrected chi connectivity index (χ3v) is 3.55. The summed E-state index contributed by atoms with van der Waals surface area (Å²) in [6.45, 7) is 2.49. The van der Waals surface area contributed by atoms with E-state index in [-0.39, 0.29) is 16.8 Å². The minimum Gasteiger partial charge on any atom is -0.465 e. The van der Waals surface area contributed by atoms with Gasteiger partial charge in [-0.3, -0.25) is 9.59 Å². The molecule has 1 unspecified atom stereocenters. The van der Waals surface area contributed by atoms with Crippen molar-refractivity contribution in [3.63, 3.8) is 0 Å². The Balaban J connectivity index is 2.14. The molecule has 0 bridgehead atoms. The van der Waals surface area contributed by atoms with Gasteiger partial charge in [0.2, 0.25) is 0 Å². The molecule has 0 saturated carbocycles. The van der Waals surface area contributed by atoms with Crippen LogP contribution >= 0.6 is 11.8 Å². The number of aryl methyl sites for hydroxylation is 1. The number of carbonyl (C=O) groups excluding carboxylic acids is 1. The number of cyclic esters (lactones) is 1. The van der Waals surface area contributed by atoms with Crippen molar-refractivity contribution in [3.05, 3.63) is 22.1 Å². The van der Waals surface area contributed by atoms with Gasteiger partial charge in [-0.15, -0.1) is 0 Å². The van der Waals surface area contributed by atoms with Gasteiger partial charge in [-0.25, -0.2) is 4.98 Å². The van der Waals surface area contributed by atoms with Crippen molar-refractivity contribution in [2.24, 2.45) is 0 Å². The predicted octanol–water partition coefficient (Wildman–Crippen LogP) is 1.13. The van der Waals surface area contributed by atoms with Crippen molar-refractivity contribution >= 4 is 17.7 Å². The van der Waals surface area contributed by atoms with Crippen LogP contribution in [-0.2, 0) is 16.0 Å². The number of esters is 1. The van der Waals surface area contributed by atoms with Crippen molar-refractivity contribution in [2.75, 3.05) is 6.61 Å². The Labute approximate surface area is 103 Å². The van der Waals surface area contributed by atoms with Gasteiger partial charge in [0.05, 0.1) is 6.61 Å². The fourth-order valence-electron chi connectivity index (χ4n) is 1.64. The third kappa shape index (κ3) is 3.09. The lowest BCUT2D eigenvalue weighted by Gasteiger charge is -2.05. The minimum atomic E-state index is -0.241. The summed E-state index contributed by atoms with van der Waals surface area (Å²) in [4.78, 5) is 29.7. The Kier molecular flexibility index (Phi) is 3.83. The quantitative estimate of drug-likeness (QED) is 0.644. The average molecular weight is 254 g/mol. The number of hydrogen-bond donors (Lipinski definition) is 1. The molecule has 1 aromatic rings. The van der Waals surface area contributed by atoms with Crippen LogP contribution in [0.15, 0.2) is 16.0 Å². The van der Waals surface area contributed by atoms with Crippen LogP contribution in [0.1, 0.15) is 25.5 Å². The standard InChI is InChI=1S/C11H14N2O3S/c1-2-3-7-6-9(14)13-11(12-7)17-8-4-5-16-10(8)15/h6,8H,2-5H2,1H3,(H,12,13,14). The van der Waals surface area contributed by atoms with Crippen LogP contribution in [-0.4, -0.2) is 27.8 Å². The number of thioether (sulfide) groups is 1. The van der Waals surface area contributed by atoms with Crippen LogP contribution in [0.3, 0.4) is 0 Å². The Hall–Kier alpha value is -1.30. The number of H-pyrrole nitrogens is 1. The molecular formula is C11H14N2O3S. The molecule has 0 amide bonds. The first-order valence-electron chi connectivity index (χ1n) is 5.62. The Morgan fingerprint density at radius 2 is 2.41 bits per heavy atom. The number of aromatic amines is 1. The molecule has 6 heteroatoms. The van der Waals surface area contributed by atoms with E-state index in [4.69, 9.17) is 4.74 Å². The molecule has 1 fully saturated rings. The molecule has 0 aliphatic carbocycles. The van der Waals surface area contributed by atoms with E-state index in [1.54, 1.807) is 0 Å². The van der Waals surface area contributed by atoms with E-state index in [1.807, 2.05) is 6.92 Å². The molecule has 1 aliphatic heterocycles. The van der Waals surface area contributed by atoms with Crippen molar-refractivity contribution in [1.29, 1.82) is 0 Å². The summed E-state index contributed by atoms with van der Waals surface area (Å²) in [6.07, 6.45) is 2.38. The van der Waals surface area contributed by atoms with Crippen molar-refractivity contribution in [2.45, 2.75) is 36.6 Å². The van der Waals surface area contributed by atoms with Gasteiger partial charge >= 0.3 is 5.97 Å². The third-order valence-electron chi connectivity index (χ3n) is 2.42. The summed E-state index contributed by atoms with van der Waals surface area (Å²) in [5.41, 5.74) is 0.599. The van der Waals surface area contributed by atoms with Crippen molar-refractivity contribution in [3.8, 4) is 0 Å². The maximum atomic E-state index is 11.4. The SMILES string of the molecule is CCCc1cc(=O)[nH]c(SC2CCOC2=O)n1. The topological polar surface area (TPSA) is 72.1 Å². The molecule has 5 nitrogen and oxygen atoms in total. The van der Waals surface area contributed by atoms with E-state index in [2.05, 4.69) is 9.97 Å². The van der Waals surface area contributed by atoms with Crippen molar-refractivity contribution in [1.82, 2.24) is 9.97 Å². The molecule has 0 spiro atoms. The van der Waals surface area contributed by atoms with E-state index in [0.717, 1.165) is 18.5 Å². The molecule has 1 saturated heterocycles. The summed E-state index contributed by atoms with van der Waals surface area (Å²) in [7, 11) is 0. The smallest absolute Gasteiger partial charge is 0.319 e. The van der Waals surface area contributed by atoms with E-state index in [0.29, 0.717) is 18.2 Å². The van der Waals surface area contributed by atoms with Crippen molar-refractivity contribution < 1.29 is 9.53 Å². The summed E-state index contributed by atoms with van der Waals surface area (Å²) in [6, 6.07) is 1.50. The van der Waals surface area contributed by atoms with Gasteiger partial charge < -0.3 is 9.72 Å². The minimum absolute atomic E-state index is 0.169. The molecule has 1 aliphatic rings. The number of aromatic nitrogens is 2. The second kappa shape index (κ2) is 5.35. The molecule has 2 rings (SSSR count). The highest BCUT2D eigenvalue weighted by Gasteiger charge is 2.28. The number of ether oxygens (including phenoxy) is 1. The average Bonchev–Trinajstić information content (AvgIpc) is 2.64. The van der Waals surface area contributed by atoms with Gasteiger partial charge in [0, 0.05) is 18.2 Å². The van der Waals surface area contributed by atoms with Crippen LogP contribution in [0, 0.1) is 0 Å². The lowest BCUT2D eigenvalue weighted by Crippen LogP contribution is -2.14. The maximum Gasteiger partial charge on any atom is 0.319 e. The number of carbonyl (C=O) groups is 1. The van der Waals surface area contributed by atoms with Gasteiger partial charge in [0.1, 0.15) is 5.25 Å². The summed E-state index contributed by atoms with van der Waals surface area (Å²) < 4.78 is 4.87. The van der Waals surface area contributed by atoms with Gasteiger partial charge in [0.25, 0.3) is 5.56 Å². The molecule has 1 atom stereocenters. The number of nitrogens with one attached hydrogen (secondary N) is 1. The van der Waals surface area contributed by atoms with Crippen LogP contribution < -0.4 is 5.56 Å². The molecular weight excluding hydrogens is 240 g/mol. The summed E-state index contributed by atoms with van der Waals surface area (Å²) in [5, 5.41) is 0.264. The van der Waals surface area contributed by atoms with Gasteiger partial charge in [-0.2, -0.15) is 0 Å². The lowest BCUT2D eigenvalue weighted by atomic mass is 10.2. The number of rotatable bonds is 4. The molecule has 2 heterocycles. The van der Waals surface area contributed by atoms with Crippen LogP contribution in [0.25, 0.3) is 0 Å². The fraction of sp³-hybridized carbons (Fsp3) is 0.545. The monoisotopic (exact) mass is 254 g/mol. The normalized spacial score (nSPS) is 19.4. The Morgan fingerprint density at radius 3 is 3.06 bits per heavy atom. The molecule has 0 aromatic carbocycles. The zero-order valence-corrected chi connectivity index (χ0v) is 10.4. The Morgan fingerprint density at radius 1 is 1.59 bits per heavy atom. The van der Waals surface area contributed by atoms with Crippen LogP contribution in [0.4, 0.5) is 0 Å². The number of nitrogens with zero attached hydrogens (tertiary/aromatic N) is 1. The highest BCUT2D eigenvalue weighted by atomic mass is 32.2. The summed E-state index contributed by atoms with van der Waals surface area (Å²) >= 11 is 1.27. The van der Waals surface area contributed by atoms with Gasteiger partial charge in [0.15, 0.2) is 5.16 Å². The van der Waals surface area contributed by atoms with Gasteiger partial charge in [-0.05, 0) is 6.42 Å². The lowest BCUT2D eigenvalue weighted by molar-refractivity contribution is -0.137.